The molecule has 0 bridgehead atoms. The number of anilines is 3. The third-order valence-electron chi connectivity index (χ3n) is 4.83. The summed E-state index contributed by atoms with van der Waals surface area (Å²) in [7, 11) is 1.48. The lowest BCUT2D eigenvalue weighted by molar-refractivity contribution is -0.116. The summed E-state index contributed by atoms with van der Waals surface area (Å²) in [5.74, 6) is 0.625. The summed E-state index contributed by atoms with van der Waals surface area (Å²) >= 11 is 0. The smallest absolute Gasteiger partial charge is 0.271 e. The average Bonchev–Trinajstić information content (AvgIpc) is 3.44. The Morgan fingerprint density at radius 3 is 2.58 bits per heavy atom. The zero-order valence-electron chi connectivity index (χ0n) is 16.9. The predicted octanol–water partition coefficient (Wildman–Crippen LogP) is 0.311. The highest BCUT2D eigenvalue weighted by atomic mass is 16.2. The average molecular weight is 422 g/mol. The zero-order valence-corrected chi connectivity index (χ0v) is 16.9. The van der Waals surface area contributed by atoms with E-state index >= 15 is 0 Å². The SMILES string of the molecule is CNC(=O)c1c(N)ncn1CC(=O)Nc1ccnc(-c2cnc(N3CCCC3)nc2)n1. The maximum absolute atomic E-state index is 12.5. The van der Waals surface area contributed by atoms with E-state index in [4.69, 9.17) is 5.73 Å². The number of imidazole rings is 1. The molecule has 0 aliphatic carbocycles. The Morgan fingerprint density at radius 2 is 1.87 bits per heavy atom. The highest BCUT2D eigenvalue weighted by molar-refractivity contribution is 5.97. The molecular formula is C19H22N10O2. The minimum atomic E-state index is -0.426. The molecule has 4 N–H and O–H groups in total. The Bertz CT molecular complexity index is 1090. The van der Waals surface area contributed by atoms with Crippen molar-refractivity contribution < 1.29 is 9.59 Å². The van der Waals surface area contributed by atoms with E-state index in [0.717, 1.165) is 25.9 Å². The molecule has 12 heteroatoms. The molecule has 1 aliphatic heterocycles. The van der Waals surface area contributed by atoms with Crippen LogP contribution in [0.15, 0.2) is 31.0 Å². The van der Waals surface area contributed by atoms with E-state index in [2.05, 4.69) is 40.5 Å². The lowest BCUT2D eigenvalue weighted by atomic mass is 10.3. The summed E-state index contributed by atoms with van der Waals surface area (Å²) in [4.78, 5) is 47.9. The molecule has 31 heavy (non-hydrogen) atoms. The van der Waals surface area contributed by atoms with Gasteiger partial charge in [-0.15, -0.1) is 0 Å². The van der Waals surface area contributed by atoms with E-state index in [0.29, 0.717) is 23.2 Å². The topological polar surface area (TPSA) is 157 Å². The van der Waals surface area contributed by atoms with Crippen LogP contribution in [-0.4, -0.2) is 61.4 Å². The highest BCUT2D eigenvalue weighted by Crippen LogP contribution is 2.19. The second-order valence-corrected chi connectivity index (χ2v) is 6.97. The second-order valence-electron chi connectivity index (χ2n) is 6.97. The van der Waals surface area contributed by atoms with E-state index in [9.17, 15) is 9.59 Å². The lowest BCUT2D eigenvalue weighted by Crippen LogP contribution is -2.26. The standard InChI is InChI=1S/C19H22N10O2/c1-21-18(31)15-16(20)25-11-29(15)10-14(30)26-13-4-5-22-17(27-13)12-8-23-19(24-9-12)28-6-2-3-7-28/h4-5,8-9,11H,2-3,6-7,10,20H2,1H3,(H,21,31)(H,22,26,27,30). The van der Waals surface area contributed by atoms with Crippen LogP contribution < -0.4 is 21.3 Å². The van der Waals surface area contributed by atoms with Crippen LogP contribution in [0.1, 0.15) is 23.3 Å². The van der Waals surface area contributed by atoms with Crippen LogP contribution in [0.5, 0.6) is 0 Å². The molecule has 3 aromatic rings. The lowest BCUT2D eigenvalue weighted by Gasteiger charge is -2.14. The first kappa shape index (κ1) is 20.2. The monoisotopic (exact) mass is 422 g/mol. The van der Waals surface area contributed by atoms with Gasteiger partial charge >= 0.3 is 0 Å². The fourth-order valence-electron chi connectivity index (χ4n) is 3.30. The van der Waals surface area contributed by atoms with Gasteiger partial charge < -0.3 is 25.8 Å². The number of nitrogens with two attached hydrogens (primary N) is 1. The number of amides is 2. The van der Waals surface area contributed by atoms with Crippen LogP contribution in [0.2, 0.25) is 0 Å². The number of carbonyl (C=O) groups excluding carboxylic acids is 2. The Kier molecular flexibility index (Phi) is 5.69. The molecule has 0 saturated carbocycles. The van der Waals surface area contributed by atoms with Crippen LogP contribution in [0.25, 0.3) is 11.4 Å². The third kappa shape index (κ3) is 4.42. The van der Waals surface area contributed by atoms with E-state index in [-0.39, 0.29) is 18.1 Å². The molecule has 0 spiro atoms. The van der Waals surface area contributed by atoms with Crippen molar-refractivity contribution >= 4 is 29.4 Å². The van der Waals surface area contributed by atoms with Crippen LogP contribution in [0.4, 0.5) is 17.6 Å². The maximum atomic E-state index is 12.5. The van der Waals surface area contributed by atoms with Gasteiger partial charge in [0.1, 0.15) is 12.4 Å². The van der Waals surface area contributed by atoms with Crippen LogP contribution in [0.3, 0.4) is 0 Å². The molecule has 4 rings (SSSR count). The van der Waals surface area contributed by atoms with Gasteiger partial charge in [0.15, 0.2) is 17.3 Å². The third-order valence-corrected chi connectivity index (χ3v) is 4.83. The molecule has 0 unspecified atom stereocenters. The van der Waals surface area contributed by atoms with Crippen molar-refractivity contribution in [1.82, 2.24) is 34.8 Å². The summed E-state index contributed by atoms with van der Waals surface area (Å²) in [5, 5.41) is 5.16. The van der Waals surface area contributed by atoms with Gasteiger partial charge in [-0.2, -0.15) is 0 Å². The molecule has 1 saturated heterocycles. The summed E-state index contributed by atoms with van der Waals surface area (Å²) in [6.45, 7) is 1.77. The van der Waals surface area contributed by atoms with Gasteiger partial charge in [0.2, 0.25) is 11.9 Å². The fourth-order valence-corrected chi connectivity index (χ4v) is 3.30. The molecule has 0 atom stereocenters. The van der Waals surface area contributed by atoms with Crippen molar-refractivity contribution in [3.8, 4) is 11.4 Å². The number of aromatic nitrogens is 6. The summed E-state index contributed by atoms with van der Waals surface area (Å²) < 4.78 is 1.37. The first-order chi connectivity index (χ1) is 15.0. The van der Waals surface area contributed by atoms with Crippen LogP contribution in [-0.2, 0) is 11.3 Å². The zero-order chi connectivity index (χ0) is 21.8. The van der Waals surface area contributed by atoms with Crippen molar-refractivity contribution in [2.75, 3.05) is 36.1 Å². The van der Waals surface area contributed by atoms with E-state index in [1.807, 2.05) is 0 Å². The largest absolute Gasteiger partial charge is 0.382 e. The Hall–Kier alpha value is -4.09. The van der Waals surface area contributed by atoms with E-state index < -0.39 is 11.8 Å². The molecule has 3 aromatic heterocycles. The molecule has 2 amide bonds. The molecule has 12 nitrogen and oxygen atoms in total. The van der Waals surface area contributed by atoms with Gasteiger partial charge in [-0.3, -0.25) is 9.59 Å². The van der Waals surface area contributed by atoms with E-state index in [1.165, 1.54) is 24.1 Å². The van der Waals surface area contributed by atoms with Gasteiger partial charge in [0.25, 0.3) is 5.91 Å². The molecule has 1 aliphatic rings. The van der Waals surface area contributed by atoms with Crippen molar-refractivity contribution in [3.63, 3.8) is 0 Å². The Morgan fingerprint density at radius 1 is 1.13 bits per heavy atom. The minimum absolute atomic E-state index is 0.0499. The van der Waals surface area contributed by atoms with Gasteiger partial charge in [-0.25, -0.2) is 24.9 Å². The Labute approximate surface area is 177 Å². The quantitative estimate of drug-likeness (QED) is 0.508. The van der Waals surface area contributed by atoms with Gasteiger partial charge in [0.05, 0.1) is 11.9 Å². The molecule has 4 heterocycles. The fraction of sp³-hybridized carbons (Fsp3) is 0.316. The van der Waals surface area contributed by atoms with Crippen molar-refractivity contribution in [3.05, 3.63) is 36.7 Å². The first-order valence-corrected chi connectivity index (χ1v) is 9.78. The maximum Gasteiger partial charge on any atom is 0.271 e. The van der Waals surface area contributed by atoms with E-state index in [1.54, 1.807) is 18.5 Å². The molecule has 0 radical (unpaired) electrons. The minimum Gasteiger partial charge on any atom is -0.382 e. The molecule has 1 fully saturated rings. The number of nitrogens with zero attached hydrogens (tertiary/aromatic N) is 7. The highest BCUT2D eigenvalue weighted by Gasteiger charge is 2.18. The number of hydrogen-bond donors (Lipinski definition) is 3. The summed E-state index contributed by atoms with van der Waals surface area (Å²) in [6.07, 6.45) is 8.51. The summed E-state index contributed by atoms with van der Waals surface area (Å²) in [6, 6.07) is 1.57. The van der Waals surface area contributed by atoms with Crippen molar-refractivity contribution in [1.29, 1.82) is 0 Å². The normalized spacial score (nSPS) is 13.3. The molecule has 160 valence electrons. The van der Waals surface area contributed by atoms with Gasteiger partial charge in [-0.1, -0.05) is 0 Å². The number of hydrogen-bond acceptors (Lipinski definition) is 9. The molecular weight excluding hydrogens is 400 g/mol. The molecule has 0 aromatic carbocycles. The van der Waals surface area contributed by atoms with Gasteiger partial charge in [0, 0.05) is 38.7 Å². The second kappa shape index (κ2) is 8.73. The van der Waals surface area contributed by atoms with Crippen LogP contribution >= 0.6 is 0 Å². The Balaban J connectivity index is 1.45. The van der Waals surface area contributed by atoms with Crippen molar-refractivity contribution in [2.24, 2.45) is 0 Å². The van der Waals surface area contributed by atoms with Crippen LogP contribution in [0, 0.1) is 0 Å². The number of nitrogen functional groups attached to an aromatic ring is 1. The first-order valence-electron chi connectivity index (χ1n) is 9.78. The van der Waals surface area contributed by atoms with Crippen molar-refractivity contribution in [2.45, 2.75) is 19.4 Å². The number of nitrogens with one attached hydrogen (secondary N) is 2. The summed E-state index contributed by atoms with van der Waals surface area (Å²) in [5.41, 5.74) is 6.48. The number of carbonyl (C=O) groups is 2. The van der Waals surface area contributed by atoms with Gasteiger partial charge in [-0.05, 0) is 18.9 Å². The number of rotatable bonds is 6. The predicted molar refractivity (Wildman–Crippen MR) is 113 cm³/mol.